The minimum Gasteiger partial charge on any atom is -0.491 e. The molecule has 0 N–H and O–H groups in total. The van der Waals surface area contributed by atoms with Crippen LogP contribution in [-0.4, -0.2) is 24.1 Å². The van der Waals surface area contributed by atoms with Crippen molar-refractivity contribution in [3.8, 4) is 11.5 Å². The fourth-order valence-electron chi connectivity index (χ4n) is 1.16. The van der Waals surface area contributed by atoms with Crippen molar-refractivity contribution in [1.82, 2.24) is 4.98 Å². The molecule has 0 radical (unpaired) electrons. The molecule has 0 atom stereocenters. The molecular weight excluding hydrogens is 226 g/mol. The van der Waals surface area contributed by atoms with Crippen LogP contribution >= 0.6 is 0 Å². The Morgan fingerprint density at radius 1 is 1.44 bits per heavy atom. The predicted octanol–water partition coefficient (Wildman–Crippen LogP) is 1.94. The molecule has 0 bridgehead atoms. The van der Waals surface area contributed by atoms with Gasteiger partial charge in [0.15, 0.2) is 11.4 Å². The van der Waals surface area contributed by atoms with Crippen LogP contribution in [0.1, 0.15) is 12.1 Å². The molecule has 0 saturated heterocycles. The van der Waals surface area contributed by atoms with Gasteiger partial charge in [-0.25, -0.2) is 13.8 Å². The molecule has 0 aromatic carbocycles. The molecule has 0 aliphatic rings. The molecule has 0 fully saturated rings. The number of halogens is 2. The standard InChI is InChI=1S/C8H8F2N2O4/c1-15-4-3-11-5(8(9)10)6(12(13)14)7(4)16-2/h3,8H,1-2H3. The molecular formula is C8H8F2N2O4. The molecule has 1 heterocycles. The smallest absolute Gasteiger partial charge is 0.342 e. The van der Waals surface area contributed by atoms with Gasteiger partial charge in [-0.15, -0.1) is 0 Å². The third kappa shape index (κ3) is 2.00. The maximum Gasteiger partial charge on any atom is 0.342 e. The second-order valence-electron chi connectivity index (χ2n) is 2.65. The average molecular weight is 234 g/mol. The Kier molecular flexibility index (Phi) is 3.54. The van der Waals surface area contributed by atoms with Crippen LogP contribution in [0.3, 0.4) is 0 Å². The molecule has 16 heavy (non-hydrogen) atoms. The van der Waals surface area contributed by atoms with E-state index in [2.05, 4.69) is 9.72 Å². The number of hydrogen-bond acceptors (Lipinski definition) is 5. The summed E-state index contributed by atoms with van der Waals surface area (Å²) in [5.74, 6) is -0.434. The van der Waals surface area contributed by atoms with Gasteiger partial charge in [0.1, 0.15) is 0 Å². The summed E-state index contributed by atoms with van der Waals surface area (Å²) in [5, 5.41) is 10.7. The molecule has 0 aliphatic heterocycles. The third-order valence-electron chi connectivity index (χ3n) is 1.82. The highest BCUT2D eigenvalue weighted by molar-refractivity contribution is 5.57. The quantitative estimate of drug-likeness (QED) is 0.587. The van der Waals surface area contributed by atoms with Crippen LogP contribution in [-0.2, 0) is 0 Å². The Balaban J connectivity index is 3.50. The summed E-state index contributed by atoms with van der Waals surface area (Å²) < 4.78 is 34.4. The van der Waals surface area contributed by atoms with E-state index < -0.39 is 22.7 Å². The second kappa shape index (κ2) is 4.69. The monoisotopic (exact) mass is 234 g/mol. The van der Waals surface area contributed by atoms with E-state index in [4.69, 9.17) is 4.74 Å². The molecule has 0 amide bonds. The largest absolute Gasteiger partial charge is 0.491 e. The van der Waals surface area contributed by atoms with Gasteiger partial charge in [-0.3, -0.25) is 10.1 Å². The number of methoxy groups -OCH3 is 2. The Labute approximate surface area is 89.0 Å². The summed E-state index contributed by atoms with van der Waals surface area (Å²) in [4.78, 5) is 13.0. The minimum absolute atomic E-state index is 0.0707. The number of nitro groups is 1. The normalized spacial score (nSPS) is 10.3. The topological polar surface area (TPSA) is 74.5 Å². The zero-order chi connectivity index (χ0) is 12.3. The lowest BCUT2D eigenvalue weighted by Gasteiger charge is -2.09. The number of alkyl halides is 2. The molecule has 1 aromatic rings. The van der Waals surface area contributed by atoms with E-state index in [9.17, 15) is 18.9 Å². The lowest BCUT2D eigenvalue weighted by Crippen LogP contribution is -2.04. The predicted molar refractivity (Wildman–Crippen MR) is 49.0 cm³/mol. The summed E-state index contributed by atoms with van der Waals surface area (Å²) in [6.45, 7) is 0. The first-order chi connectivity index (χ1) is 7.52. The minimum atomic E-state index is -3.06. The van der Waals surface area contributed by atoms with Gasteiger partial charge in [-0.1, -0.05) is 0 Å². The van der Waals surface area contributed by atoms with Crippen LogP contribution in [0, 0.1) is 10.1 Å². The highest BCUT2D eigenvalue weighted by Crippen LogP contribution is 2.41. The first-order valence-corrected chi connectivity index (χ1v) is 4.06. The van der Waals surface area contributed by atoms with Gasteiger partial charge in [-0.05, 0) is 0 Å². The Hall–Kier alpha value is -1.99. The van der Waals surface area contributed by atoms with Gasteiger partial charge in [-0.2, -0.15) is 0 Å². The van der Waals surface area contributed by atoms with Crippen LogP contribution in [0.2, 0.25) is 0 Å². The molecule has 0 saturated carbocycles. The Bertz CT molecular complexity index is 411. The van der Waals surface area contributed by atoms with Gasteiger partial charge in [0.05, 0.1) is 25.3 Å². The first kappa shape index (κ1) is 12.1. The molecule has 0 spiro atoms. The van der Waals surface area contributed by atoms with Gasteiger partial charge in [0.2, 0.25) is 5.75 Å². The molecule has 88 valence electrons. The summed E-state index contributed by atoms with van der Waals surface area (Å²) in [7, 11) is 2.35. The fraction of sp³-hybridized carbons (Fsp3) is 0.375. The fourth-order valence-corrected chi connectivity index (χ4v) is 1.16. The molecule has 0 aliphatic carbocycles. The van der Waals surface area contributed by atoms with Crippen molar-refractivity contribution < 1.29 is 23.2 Å². The summed E-state index contributed by atoms with van der Waals surface area (Å²) >= 11 is 0. The number of nitrogens with zero attached hydrogens (tertiary/aromatic N) is 2. The van der Waals surface area contributed by atoms with Crippen molar-refractivity contribution in [2.24, 2.45) is 0 Å². The maximum absolute atomic E-state index is 12.5. The van der Waals surface area contributed by atoms with Crippen molar-refractivity contribution in [1.29, 1.82) is 0 Å². The van der Waals surface area contributed by atoms with Crippen LogP contribution < -0.4 is 9.47 Å². The van der Waals surface area contributed by atoms with E-state index in [1.165, 1.54) is 7.11 Å². The van der Waals surface area contributed by atoms with Gasteiger partial charge < -0.3 is 9.47 Å². The number of pyridine rings is 1. The molecule has 8 heteroatoms. The third-order valence-corrected chi connectivity index (χ3v) is 1.82. The lowest BCUT2D eigenvalue weighted by atomic mass is 10.2. The van der Waals surface area contributed by atoms with Crippen LogP contribution in [0.25, 0.3) is 0 Å². The van der Waals surface area contributed by atoms with E-state index in [0.717, 1.165) is 13.3 Å². The summed E-state index contributed by atoms with van der Waals surface area (Å²) in [6, 6.07) is 0. The lowest BCUT2D eigenvalue weighted by molar-refractivity contribution is -0.387. The Morgan fingerprint density at radius 2 is 2.06 bits per heavy atom. The highest BCUT2D eigenvalue weighted by Gasteiger charge is 2.31. The zero-order valence-corrected chi connectivity index (χ0v) is 8.44. The van der Waals surface area contributed by atoms with Crippen molar-refractivity contribution >= 4 is 5.69 Å². The SMILES string of the molecule is COc1cnc(C(F)F)c([N+](=O)[O-])c1OC. The second-order valence-corrected chi connectivity index (χ2v) is 2.65. The van der Waals surface area contributed by atoms with Crippen LogP contribution in [0.5, 0.6) is 11.5 Å². The highest BCUT2D eigenvalue weighted by atomic mass is 19.3. The van der Waals surface area contributed by atoms with E-state index in [-0.39, 0.29) is 11.5 Å². The van der Waals surface area contributed by atoms with Crippen LogP contribution in [0.4, 0.5) is 14.5 Å². The molecule has 1 aromatic heterocycles. The molecule has 6 nitrogen and oxygen atoms in total. The van der Waals surface area contributed by atoms with Crippen molar-refractivity contribution in [2.75, 3.05) is 14.2 Å². The maximum atomic E-state index is 12.5. The summed E-state index contributed by atoms with van der Waals surface area (Å²) in [6.07, 6.45) is -2.10. The first-order valence-electron chi connectivity index (χ1n) is 4.06. The van der Waals surface area contributed by atoms with Crippen LogP contribution in [0.15, 0.2) is 6.20 Å². The molecule has 0 unspecified atom stereocenters. The Morgan fingerprint density at radius 3 is 2.44 bits per heavy atom. The number of aromatic nitrogens is 1. The van der Waals surface area contributed by atoms with Gasteiger partial charge in [0, 0.05) is 0 Å². The summed E-state index contributed by atoms with van der Waals surface area (Å²) in [5.41, 5.74) is -1.82. The van der Waals surface area contributed by atoms with Crippen molar-refractivity contribution in [3.63, 3.8) is 0 Å². The molecule has 1 rings (SSSR count). The van der Waals surface area contributed by atoms with E-state index in [0.29, 0.717) is 0 Å². The number of hydrogen-bond donors (Lipinski definition) is 0. The number of rotatable bonds is 4. The van der Waals surface area contributed by atoms with Crippen molar-refractivity contribution in [2.45, 2.75) is 6.43 Å². The average Bonchev–Trinajstić information content (AvgIpc) is 2.26. The van der Waals surface area contributed by atoms with E-state index in [1.54, 1.807) is 0 Å². The van der Waals surface area contributed by atoms with Gasteiger partial charge in [0.25, 0.3) is 6.43 Å². The number of ether oxygens (including phenoxy) is 2. The van der Waals surface area contributed by atoms with Gasteiger partial charge >= 0.3 is 5.69 Å². The van der Waals surface area contributed by atoms with E-state index in [1.807, 2.05) is 0 Å². The van der Waals surface area contributed by atoms with Crippen molar-refractivity contribution in [3.05, 3.63) is 22.0 Å². The zero-order valence-electron chi connectivity index (χ0n) is 8.44. The van der Waals surface area contributed by atoms with E-state index >= 15 is 0 Å².